The molecule has 1 N–H and O–H groups in total. The Morgan fingerprint density at radius 2 is 1.66 bits per heavy atom. The molecule has 5 nitrogen and oxygen atoms in total. The monoisotopic (exact) mass is 506 g/mol. The molecular formula is C25H19BrN2O3S. The molecule has 0 saturated carbocycles. The number of hydrogen-bond donors (Lipinski definition) is 1. The van der Waals surface area contributed by atoms with E-state index in [1.165, 1.54) is 11.8 Å². The maximum Gasteiger partial charge on any atom is 0.343 e. The lowest BCUT2D eigenvalue weighted by atomic mass is 10.1. The van der Waals surface area contributed by atoms with Gasteiger partial charge in [-0.15, -0.1) is 0 Å². The lowest BCUT2D eigenvalue weighted by Gasteiger charge is -2.09. The second-order valence-electron chi connectivity index (χ2n) is 7.25. The van der Waals surface area contributed by atoms with Gasteiger partial charge in [-0.2, -0.15) is 0 Å². The van der Waals surface area contributed by atoms with E-state index in [1.807, 2.05) is 50.2 Å². The minimum absolute atomic E-state index is 0.253. The number of rotatable bonds is 4. The molecule has 0 radical (unpaired) electrons. The zero-order valence-electron chi connectivity index (χ0n) is 17.4. The number of aliphatic imine (C=N–C) groups is 1. The Bertz CT molecular complexity index is 1250. The number of nitrogens with one attached hydrogen (secondary N) is 1. The highest BCUT2D eigenvalue weighted by molar-refractivity contribution is 9.10. The topological polar surface area (TPSA) is 67.8 Å². The summed E-state index contributed by atoms with van der Waals surface area (Å²) in [5, 5.41) is 3.28. The van der Waals surface area contributed by atoms with Gasteiger partial charge in [0.05, 0.1) is 16.2 Å². The Balaban J connectivity index is 1.58. The molecule has 3 aromatic carbocycles. The minimum Gasteiger partial charge on any atom is -0.422 e. The lowest BCUT2D eigenvalue weighted by Crippen LogP contribution is -2.19. The molecule has 4 rings (SSSR count). The van der Waals surface area contributed by atoms with E-state index in [1.54, 1.807) is 36.4 Å². The van der Waals surface area contributed by atoms with E-state index in [0.717, 1.165) is 21.3 Å². The van der Waals surface area contributed by atoms with Crippen LogP contribution >= 0.6 is 27.7 Å². The summed E-state index contributed by atoms with van der Waals surface area (Å²) < 4.78 is 6.43. The molecular weight excluding hydrogens is 488 g/mol. The molecule has 1 heterocycles. The molecule has 1 aliphatic rings. The van der Waals surface area contributed by atoms with Gasteiger partial charge >= 0.3 is 5.97 Å². The van der Waals surface area contributed by atoms with Gasteiger partial charge in [0.2, 0.25) is 0 Å². The zero-order chi connectivity index (χ0) is 22.7. The number of hydrogen-bond acceptors (Lipinski definition) is 5. The third-order valence-corrected chi connectivity index (χ3v) is 6.07. The predicted molar refractivity (Wildman–Crippen MR) is 132 cm³/mol. The molecule has 7 heteroatoms. The molecule has 0 aromatic heterocycles. The standard InChI is InChI=1S/C25H19BrN2O3S/c1-15-3-7-17(8-4-15)24(30)31-21-12-9-19(26)13-18(21)14-22-23(29)28-25(32-22)27-20-10-5-16(2)6-11-20/h3-14H,1-2H3,(H,27,28,29)/b22-14-. The summed E-state index contributed by atoms with van der Waals surface area (Å²) in [4.78, 5) is 30.0. The fourth-order valence-electron chi connectivity index (χ4n) is 2.93. The first-order valence-corrected chi connectivity index (χ1v) is 11.4. The van der Waals surface area contributed by atoms with Gasteiger partial charge in [0, 0.05) is 10.0 Å². The largest absolute Gasteiger partial charge is 0.422 e. The van der Waals surface area contributed by atoms with Crippen LogP contribution in [0.3, 0.4) is 0 Å². The number of amidine groups is 1. The fourth-order valence-corrected chi connectivity index (χ4v) is 4.14. The van der Waals surface area contributed by atoms with Crippen LogP contribution in [0.4, 0.5) is 5.69 Å². The van der Waals surface area contributed by atoms with Gasteiger partial charge in [-0.05, 0) is 74.1 Å². The molecule has 32 heavy (non-hydrogen) atoms. The summed E-state index contributed by atoms with van der Waals surface area (Å²) in [6.07, 6.45) is 1.69. The van der Waals surface area contributed by atoms with E-state index in [-0.39, 0.29) is 5.91 Å². The second kappa shape index (κ2) is 9.54. The number of nitrogens with zero attached hydrogens (tertiary/aromatic N) is 1. The maximum absolute atomic E-state index is 12.6. The summed E-state index contributed by atoms with van der Waals surface area (Å²) in [7, 11) is 0. The van der Waals surface area contributed by atoms with Gasteiger partial charge in [0.25, 0.3) is 5.91 Å². The molecule has 1 aliphatic heterocycles. The number of thioether (sulfide) groups is 1. The van der Waals surface area contributed by atoms with Crippen molar-refractivity contribution < 1.29 is 14.3 Å². The van der Waals surface area contributed by atoms with Gasteiger partial charge in [-0.1, -0.05) is 51.3 Å². The molecule has 0 aliphatic carbocycles. The van der Waals surface area contributed by atoms with Crippen LogP contribution in [-0.4, -0.2) is 17.0 Å². The number of amides is 1. The summed E-state index contributed by atoms with van der Waals surface area (Å²) in [5.41, 5.74) is 4.02. The van der Waals surface area contributed by atoms with Crippen molar-refractivity contribution in [2.45, 2.75) is 13.8 Å². The molecule has 1 amide bonds. The zero-order valence-corrected chi connectivity index (χ0v) is 19.8. The van der Waals surface area contributed by atoms with Crippen molar-refractivity contribution in [1.29, 1.82) is 0 Å². The van der Waals surface area contributed by atoms with Crippen molar-refractivity contribution in [2.75, 3.05) is 0 Å². The average Bonchev–Trinajstić information content (AvgIpc) is 3.10. The Morgan fingerprint density at radius 1 is 1.00 bits per heavy atom. The van der Waals surface area contributed by atoms with Crippen molar-refractivity contribution in [2.24, 2.45) is 4.99 Å². The normalized spacial score (nSPS) is 15.8. The smallest absolute Gasteiger partial charge is 0.343 e. The van der Waals surface area contributed by atoms with E-state index in [2.05, 4.69) is 26.2 Å². The first kappa shape index (κ1) is 22.0. The molecule has 3 aromatic rings. The highest BCUT2D eigenvalue weighted by atomic mass is 79.9. The van der Waals surface area contributed by atoms with E-state index in [0.29, 0.717) is 26.9 Å². The summed E-state index contributed by atoms with van der Waals surface area (Å²) in [5.74, 6) is -0.350. The van der Waals surface area contributed by atoms with Crippen LogP contribution in [0.1, 0.15) is 27.0 Å². The number of carbonyl (C=O) groups excluding carboxylic acids is 2. The fraction of sp³-hybridized carbons (Fsp3) is 0.0800. The first-order valence-electron chi connectivity index (χ1n) is 9.82. The predicted octanol–water partition coefficient (Wildman–Crippen LogP) is 6.18. The van der Waals surface area contributed by atoms with Gasteiger partial charge in [0.15, 0.2) is 5.17 Å². The highest BCUT2D eigenvalue weighted by Gasteiger charge is 2.24. The van der Waals surface area contributed by atoms with Crippen LogP contribution in [0, 0.1) is 13.8 Å². The van der Waals surface area contributed by atoms with Crippen molar-refractivity contribution in [1.82, 2.24) is 5.32 Å². The number of esters is 1. The van der Waals surface area contributed by atoms with Crippen molar-refractivity contribution >= 4 is 56.5 Å². The molecule has 1 fully saturated rings. The Labute approximate surface area is 198 Å². The number of benzene rings is 3. The van der Waals surface area contributed by atoms with E-state index in [4.69, 9.17) is 4.74 Å². The third-order valence-electron chi connectivity index (χ3n) is 4.66. The van der Waals surface area contributed by atoms with E-state index in [9.17, 15) is 9.59 Å². The van der Waals surface area contributed by atoms with Crippen LogP contribution in [-0.2, 0) is 4.79 Å². The summed E-state index contributed by atoms with van der Waals surface area (Å²) in [6.45, 7) is 3.96. The molecule has 0 unspecified atom stereocenters. The Hall–Kier alpha value is -3.16. The highest BCUT2D eigenvalue weighted by Crippen LogP contribution is 2.32. The van der Waals surface area contributed by atoms with Crippen LogP contribution < -0.4 is 10.1 Å². The van der Waals surface area contributed by atoms with Crippen molar-refractivity contribution in [3.63, 3.8) is 0 Å². The Kier molecular flexibility index (Phi) is 6.58. The summed E-state index contributed by atoms with van der Waals surface area (Å²) >= 11 is 4.68. The van der Waals surface area contributed by atoms with Crippen LogP contribution in [0.2, 0.25) is 0 Å². The number of carbonyl (C=O) groups is 2. The van der Waals surface area contributed by atoms with Gasteiger partial charge in [-0.25, -0.2) is 9.79 Å². The van der Waals surface area contributed by atoms with Crippen molar-refractivity contribution in [3.8, 4) is 5.75 Å². The first-order chi connectivity index (χ1) is 15.4. The molecule has 0 bridgehead atoms. The van der Waals surface area contributed by atoms with Gasteiger partial charge in [0.1, 0.15) is 5.75 Å². The summed E-state index contributed by atoms with van der Waals surface area (Å²) in [6, 6.07) is 20.2. The van der Waals surface area contributed by atoms with Crippen molar-refractivity contribution in [3.05, 3.63) is 98.4 Å². The molecule has 0 atom stereocenters. The van der Waals surface area contributed by atoms with Gasteiger partial charge < -0.3 is 10.1 Å². The lowest BCUT2D eigenvalue weighted by molar-refractivity contribution is -0.115. The maximum atomic E-state index is 12.6. The number of ether oxygens (including phenoxy) is 1. The number of halogens is 1. The van der Waals surface area contributed by atoms with Crippen LogP contribution in [0.15, 0.2) is 81.1 Å². The molecule has 0 spiro atoms. The molecule has 1 saturated heterocycles. The third kappa shape index (κ3) is 5.36. The Morgan fingerprint density at radius 3 is 2.34 bits per heavy atom. The second-order valence-corrected chi connectivity index (χ2v) is 9.20. The SMILES string of the molecule is Cc1ccc(N=C2NC(=O)/C(=C/c3cc(Br)ccc3OC(=O)c3ccc(C)cc3)S2)cc1. The average molecular weight is 507 g/mol. The number of aryl methyl sites for hydroxylation is 2. The van der Waals surface area contributed by atoms with Gasteiger partial charge in [-0.3, -0.25) is 4.79 Å². The minimum atomic E-state index is -0.461. The van der Waals surface area contributed by atoms with E-state index < -0.39 is 5.97 Å². The van der Waals surface area contributed by atoms with Crippen LogP contribution in [0.25, 0.3) is 6.08 Å². The quantitative estimate of drug-likeness (QED) is 0.260. The molecule has 160 valence electrons. The van der Waals surface area contributed by atoms with Crippen LogP contribution in [0.5, 0.6) is 5.75 Å². The van der Waals surface area contributed by atoms with E-state index >= 15 is 0 Å².